The van der Waals surface area contributed by atoms with E-state index in [2.05, 4.69) is 23.3 Å². The van der Waals surface area contributed by atoms with E-state index in [-0.39, 0.29) is 23.1 Å². The number of thiol groups is 1. The molecule has 38 heavy (non-hydrogen) atoms. The molecule has 0 spiro atoms. The minimum atomic E-state index is -4.01. The van der Waals surface area contributed by atoms with E-state index in [4.69, 9.17) is 11.6 Å². The van der Waals surface area contributed by atoms with Gasteiger partial charge in [0.2, 0.25) is 17.7 Å². The van der Waals surface area contributed by atoms with Crippen LogP contribution in [0.25, 0.3) is 11.1 Å². The molecule has 8 nitrogen and oxygen atoms in total. The first-order valence-electron chi connectivity index (χ1n) is 11.7. The van der Waals surface area contributed by atoms with Crippen molar-refractivity contribution < 1.29 is 22.8 Å². The van der Waals surface area contributed by atoms with Gasteiger partial charge in [-0.3, -0.25) is 14.4 Å². The van der Waals surface area contributed by atoms with Gasteiger partial charge in [-0.25, -0.2) is 13.1 Å². The van der Waals surface area contributed by atoms with Crippen molar-refractivity contribution in [2.75, 3.05) is 6.54 Å². The summed E-state index contributed by atoms with van der Waals surface area (Å²) < 4.78 is 27.0. The monoisotopic (exact) mass is 573 g/mol. The van der Waals surface area contributed by atoms with Gasteiger partial charge in [0.15, 0.2) is 0 Å². The maximum atomic E-state index is 12.5. The molecule has 0 aliphatic rings. The average molecular weight is 574 g/mol. The van der Waals surface area contributed by atoms with Crippen LogP contribution in [-0.2, 0) is 37.4 Å². The number of halogens is 1. The number of hydrogen-bond donors (Lipinski definition) is 4. The molecule has 0 bridgehead atoms. The first kappa shape index (κ1) is 29.2. The van der Waals surface area contributed by atoms with Crippen LogP contribution < -0.4 is 15.4 Å². The van der Waals surface area contributed by atoms with Crippen molar-refractivity contribution in [2.24, 2.45) is 0 Å². The van der Waals surface area contributed by atoms with E-state index >= 15 is 0 Å². The van der Waals surface area contributed by atoms with Crippen molar-refractivity contribution >= 4 is 52.0 Å². The zero-order chi connectivity index (χ0) is 27.7. The number of benzene rings is 3. The Balaban J connectivity index is 1.49. The summed E-state index contributed by atoms with van der Waals surface area (Å²) in [4.78, 5) is 35.7. The summed E-state index contributed by atoms with van der Waals surface area (Å²) in [5.41, 5.74) is 2.84. The van der Waals surface area contributed by atoms with Gasteiger partial charge in [0, 0.05) is 35.8 Å². The molecule has 0 unspecified atom stereocenters. The van der Waals surface area contributed by atoms with Crippen molar-refractivity contribution in [1.29, 1.82) is 0 Å². The minimum Gasteiger partial charge on any atom is -0.355 e. The van der Waals surface area contributed by atoms with Gasteiger partial charge < -0.3 is 10.6 Å². The van der Waals surface area contributed by atoms with Gasteiger partial charge in [-0.2, -0.15) is 12.6 Å². The topological polar surface area (TPSA) is 121 Å². The van der Waals surface area contributed by atoms with E-state index in [1.165, 1.54) is 6.07 Å². The predicted molar refractivity (Wildman–Crippen MR) is 150 cm³/mol. The number of nitrogens with one attached hydrogen (secondary N) is 3. The Kier molecular flexibility index (Phi) is 10.3. The largest absolute Gasteiger partial charge is 0.355 e. The second kappa shape index (κ2) is 13.5. The molecule has 0 aromatic heterocycles. The van der Waals surface area contributed by atoms with Crippen LogP contribution in [0.1, 0.15) is 24.5 Å². The average Bonchev–Trinajstić information content (AvgIpc) is 2.86. The van der Waals surface area contributed by atoms with Crippen LogP contribution in [0.15, 0.2) is 77.7 Å². The fourth-order valence-corrected chi connectivity index (χ4v) is 5.43. The highest BCUT2D eigenvalue weighted by atomic mass is 35.5. The summed E-state index contributed by atoms with van der Waals surface area (Å²) in [6, 6.07) is 20.7. The molecule has 3 N–H and O–H groups in total. The Hall–Kier alpha value is -3.34. The molecular weight excluding hydrogens is 546 g/mol. The van der Waals surface area contributed by atoms with Crippen LogP contribution in [0.2, 0.25) is 5.02 Å². The lowest BCUT2D eigenvalue weighted by Gasteiger charge is -2.13. The van der Waals surface area contributed by atoms with E-state index in [0.29, 0.717) is 29.1 Å². The van der Waals surface area contributed by atoms with Crippen LogP contribution in [0.5, 0.6) is 0 Å². The number of carbonyl (C=O) groups excluding carboxylic acids is 3. The van der Waals surface area contributed by atoms with E-state index < -0.39 is 27.7 Å². The van der Waals surface area contributed by atoms with Gasteiger partial charge >= 0.3 is 0 Å². The van der Waals surface area contributed by atoms with Gasteiger partial charge in [0.25, 0.3) is 10.0 Å². The highest BCUT2D eigenvalue weighted by molar-refractivity contribution is 7.90. The molecule has 200 valence electrons. The SMILES string of the molecule is CC(=O)NS(=O)(=O)c1ccccc1-c1ccc(CNC(=O)CC(=O)NC[C@H](S)Cc2cccc(Cl)c2)cc1. The Labute approximate surface area is 232 Å². The van der Waals surface area contributed by atoms with Crippen LogP contribution in [0.3, 0.4) is 0 Å². The molecule has 0 saturated heterocycles. The second-order valence-corrected chi connectivity index (χ2v) is 11.4. The predicted octanol–water partition coefficient (Wildman–Crippen LogP) is 3.50. The fraction of sp³-hybridized carbons (Fsp3) is 0.222. The first-order chi connectivity index (χ1) is 18.0. The summed E-state index contributed by atoms with van der Waals surface area (Å²) >= 11 is 10.5. The Morgan fingerprint density at radius 2 is 1.58 bits per heavy atom. The summed E-state index contributed by atoms with van der Waals surface area (Å²) in [6.07, 6.45) is 0.305. The summed E-state index contributed by atoms with van der Waals surface area (Å²) in [6.45, 7) is 1.64. The van der Waals surface area contributed by atoms with Gasteiger partial charge in [-0.1, -0.05) is 66.2 Å². The van der Waals surface area contributed by atoms with Crippen LogP contribution >= 0.6 is 24.2 Å². The Bertz CT molecular complexity index is 1410. The first-order valence-corrected chi connectivity index (χ1v) is 14.1. The zero-order valence-electron chi connectivity index (χ0n) is 20.6. The van der Waals surface area contributed by atoms with Crippen molar-refractivity contribution in [3.05, 3.63) is 88.9 Å². The molecule has 3 rings (SSSR count). The fourth-order valence-electron chi connectivity index (χ4n) is 3.70. The molecule has 0 aliphatic carbocycles. The minimum absolute atomic E-state index is 0.0155. The lowest BCUT2D eigenvalue weighted by molar-refractivity contribution is -0.129. The van der Waals surface area contributed by atoms with E-state index in [9.17, 15) is 22.8 Å². The van der Waals surface area contributed by atoms with Gasteiger partial charge in [0.05, 0.1) is 4.90 Å². The molecule has 0 radical (unpaired) electrons. The molecule has 0 saturated carbocycles. The second-order valence-electron chi connectivity index (χ2n) is 8.60. The maximum Gasteiger partial charge on any atom is 0.264 e. The zero-order valence-corrected chi connectivity index (χ0v) is 23.1. The Morgan fingerprint density at radius 1 is 0.895 bits per heavy atom. The number of amides is 3. The van der Waals surface area contributed by atoms with Gasteiger partial charge in [0.1, 0.15) is 6.42 Å². The lowest BCUT2D eigenvalue weighted by Crippen LogP contribution is -2.35. The van der Waals surface area contributed by atoms with Crippen molar-refractivity contribution in [2.45, 2.75) is 36.5 Å². The standard InChI is InChI=1S/C27H28ClN3O5S2/c1-18(32)31-38(35,36)25-8-3-2-7-24(25)21-11-9-19(10-12-21)16-29-26(33)15-27(34)30-17-23(37)14-20-5-4-6-22(28)13-20/h2-13,23,37H,14-17H2,1H3,(H,29,33)(H,30,34)(H,31,32)/t23-/m1/s1. The molecule has 3 aromatic rings. The van der Waals surface area contributed by atoms with Gasteiger partial charge in [-0.15, -0.1) is 0 Å². The molecular formula is C27H28ClN3O5S2. The molecule has 0 fully saturated rings. The van der Waals surface area contributed by atoms with Crippen molar-refractivity contribution in [3.8, 4) is 11.1 Å². The third-order valence-corrected chi connectivity index (χ3v) is 7.52. The molecule has 3 amide bonds. The molecule has 3 aromatic carbocycles. The summed E-state index contributed by atoms with van der Waals surface area (Å²) in [7, 11) is -4.01. The molecule has 0 heterocycles. The van der Waals surface area contributed by atoms with E-state index in [1.54, 1.807) is 48.5 Å². The van der Waals surface area contributed by atoms with E-state index in [0.717, 1.165) is 18.1 Å². The molecule has 11 heteroatoms. The summed E-state index contributed by atoms with van der Waals surface area (Å²) in [5.74, 6) is -1.51. The number of carbonyl (C=O) groups is 3. The normalized spacial score (nSPS) is 11.9. The van der Waals surface area contributed by atoms with E-state index in [1.807, 2.05) is 22.9 Å². The summed E-state index contributed by atoms with van der Waals surface area (Å²) in [5, 5.41) is 5.93. The number of rotatable bonds is 11. The highest BCUT2D eigenvalue weighted by Crippen LogP contribution is 2.27. The van der Waals surface area contributed by atoms with Crippen LogP contribution in [-0.4, -0.2) is 37.9 Å². The number of hydrogen-bond acceptors (Lipinski definition) is 6. The third-order valence-electron chi connectivity index (χ3n) is 5.43. The van der Waals surface area contributed by atoms with Crippen LogP contribution in [0.4, 0.5) is 0 Å². The molecule has 0 aliphatic heterocycles. The number of sulfonamides is 1. The van der Waals surface area contributed by atoms with Crippen molar-refractivity contribution in [1.82, 2.24) is 15.4 Å². The quantitative estimate of drug-likeness (QED) is 0.207. The third kappa shape index (κ3) is 8.90. The Morgan fingerprint density at radius 3 is 2.26 bits per heavy atom. The highest BCUT2D eigenvalue weighted by Gasteiger charge is 2.20. The smallest absolute Gasteiger partial charge is 0.264 e. The van der Waals surface area contributed by atoms with Gasteiger partial charge in [-0.05, 0) is 41.3 Å². The maximum absolute atomic E-state index is 12.5. The van der Waals surface area contributed by atoms with Crippen molar-refractivity contribution in [3.63, 3.8) is 0 Å². The lowest BCUT2D eigenvalue weighted by atomic mass is 10.0. The van der Waals surface area contributed by atoms with Crippen LogP contribution in [0, 0.1) is 0 Å². The molecule has 1 atom stereocenters.